The first-order valence-corrected chi connectivity index (χ1v) is 10.8. The summed E-state index contributed by atoms with van der Waals surface area (Å²) in [4.78, 5) is 12.2. The van der Waals surface area contributed by atoms with Gasteiger partial charge in [0, 0.05) is 19.5 Å². The second kappa shape index (κ2) is 10.4. The molecule has 0 aromatic heterocycles. The first kappa shape index (κ1) is 22.8. The van der Waals surface area contributed by atoms with Crippen molar-refractivity contribution in [3.05, 3.63) is 59.4 Å². The van der Waals surface area contributed by atoms with Crippen LogP contribution in [0.4, 0.5) is 4.39 Å². The summed E-state index contributed by atoms with van der Waals surface area (Å²) >= 11 is 0. The number of hydrogen-bond acceptors (Lipinski definition) is 5. The van der Waals surface area contributed by atoms with E-state index >= 15 is 0 Å². The number of rotatable bonds is 10. The van der Waals surface area contributed by atoms with Crippen molar-refractivity contribution in [3.8, 4) is 5.75 Å². The predicted molar refractivity (Wildman–Crippen MR) is 108 cm³/mol. The Morgan fingerprint density at radius 1 is 1.03 bits per heavy atom. The maximum atomic E-state index is 13.6. The largest absolute Gasteiger partial charge is 0.494 e. The third-order valence-corrected chi connectivity index (χ3v) is 6.56. The number of methoxy groups -OCH3 is 1. The Morgan fingerprint density at radius 3 is 2.21 bits per heavy atom. The molecule has 0 unspecified atom stereocenters. The molecule has 0 amide bonds. The van der Waals surface area contributed by atoms with Crippen LogP contribution in [0.2, 0.25) is 0 Å². The number of hydrogen-bond donors (Lipinski definition) is 0. The lowest BCUT2D eigenvalue weighted by Crippen LogP contribution is -2.30. The number of ether oxygens (including phenoxy) is 2. The zero-order chi connectivity index (χ0) is 21.4. The molecular formula is C21H26FNO5S. The van der Waals surface area contributed by atoms with Gasteiger partial charge in [-0.15, -0.1) is 0 Å². The van der Waals surface area contributed by atoms with Crippen LogP contribution in [0.1, 0.15) is 31.4 Å². The Kier molecular flexibility index (Phi) is 8.16. The van der Waals surface area contributed by atoms with Gasteiger partial charge in [-0.2, -0.15) is 4.31 Å². The van der Waals surface area contributed by atoms with E-state index in [4.69, 9.17) is 9.47 Å². The van der Waals surface area contributed by atoms with Crippen molar-refractivity contribution in [1.82, 2.24) is 4.31 Å². The van der Waals surface area contributed by atoms with E-state index in [9.17, 15) is 17.6 Å². The number of halogens is 1. The maximum absolute atomic E-state index is 13.6. The average molecular weight is 424 g/mol. The molecule has 2 aromatic rings. The number of carbonyl (C=O) groups is 1. The highest BCUT2D eigenvalue weighted by Gasteiger charge is 2.21. The van der Waals surface area contributed by atoms with Crippen LogP contribution >= 0.6 is 0 Å². The molecule has 0 aliphatic carbocycles. The van der Waals surface area contributed by atoms with Crippen molar-refractivity contribution in [2.75, 3.05) is 20.2 Å². The van der Waals surface area contributed by atoms with Gasteiger partial charge in [-0.05, 0) is 41.8 Å². The smallest absolute Gasteiger partial charge is 0.306 e. The molecule has 8 heteroatoms. The van der Waals surface area contributed by atoms with Gasteiger partial charge >= 0.3 is 5.97 Å². The normalized spacial score (nSPS) is 11.5. The van der Waals surface area contributed by atoms with Crippen molar-refractivity contribution in [1.29, 1.82) is 0 Å². The van der Waals surface area contributed by atoms with E-state index in [2.05, 4.69) is 0 Å². The van der Waals surface area contributed by atoms with Gasteiger partial charge in [0.1, 0.15) is 6.61 Å². The van der Waals surface area contributed by atoms with Crippen molar-refractivity contribution < 1.29 is 27.1 Å². The molecule has 0 bridgehead atoms. The maximum Gasteiger partial charge on any atom is 0.306 e. The summed E-state index contributed by atoms with van der Waals surface area (Å²) in [5.41, 5.74) is 1.36. The molecule has 0 aliphatic heterocycles. The lowest BCUT2D eigenvalue weighted by molar-refractivity contribution is -0.144. The summed E-state index contributed by atoms with van der Waals surface area (Å²) in [6.07, 6.45) is 0.558. The summed E-state index contributed by atoms with van der Waals surface area (Å²) in [6, 6.07) is 10.9. The van der Waals surface area contributed by atoms with Crippen LogP contribution in [-0.2, 0) is 32.6 Å². The van der Waals surface area contributed by atoms with E-state index in [0.29, 0.717) is 25.1 Å². The first-order valence-electron chi connectivity index (χ1n) is 9.39. The fourth-order valence-corrected chi connectivity index (χ4v) is 4.28. The molecular weight excluding hydrogens is 397 g/mol. The SMILES string of the molecule is CCN(CC)S(=O)(=O)c1ccc(CCC(=O)OCc2ccc(OC)c(F)c2)cc1. The highest BCUT2D eigenvalue weighted by Crippen LogP contribution is 2.19. The summed E-state index contributed by atoms with van der Waals surface area (Å²) in [5.74, 6) is -0.798. The van der Waals surface area contributed by atoms with Crippen LogP contribution in [0, 0.1) is 5.82 Å². The highest BCUT2D eigenvalue weighted by atomic mass is 32.2. The van der Waals surface area contributed by atoms with E-state index in [1.807, 2.05) is 0 Å². The number of esters is 1. The van der Waals surface area contributed by atoms with Gasteiger partial charge in [0.05, 0.1) is 12.0 Å². The van der Waals surface area contributed by atoms with E-state index in [-0.39, 0.29) is 23.7 Å². The highest BCUT2D eigenvalue weighted by molar-refractivity contribution is 7.89. The fourth-order valence-electron chi connectivity index (χ4n) is 2.82. The Bertz CT molecular complexity index is 925. The molecule has 6 nitrogen and oxygen atoms in total. The molecule has 0 atom stereocenters. The Morgan fingerprint density at radius 2 is 1.66 bits per heavy atom. The third kappa shape index (κ3) is 6.01. The van der Waals surface area contributed by atoms with Crippen LogP contribution in [0.25, 0.3) is 0 Å². The van der Waals surface area contributed by atoms with Crippen LogP contribution in [0.15, 0.2) is 47.4 Å². The van der Waals surface area contributed by atoms with Gasteiger partial charge in [0.2, 0.25) is 10.0 Å². The van der Waals surface area contributed by atoms with Crippen LogP contribution in [-0.4, -0.2) is 38.9 Å². The lowest BCUT2D eigenvalue weighted by Gasteiger charge is -2.18. The zero-order valence-electron chi connectivity index (χ0n) is 16.9. The van der Waals surface area contributed by atoms with Gasteiger partial charge in [0.15, 0.2) is 11.6 Å². The van der Waals surface area contributed by atoms with E-state index in [0.717, 1.165) is 5.56 Å². The summed E-state index contributed by atoms with van der Waals surface area (Å²) in [5, 5.41) is 0. The number of benzene rings is 2. The minimum absolute atomic E-state index is 0.0270. The van der Waals surface area contributed by atoms with E-state index in [1.165, 1.54) is 23.5 Å². The number of carbonyl (C=O) groups excluding carboxylic acids is 1. The minimum atomic E-state index is -3.49. The molecule has 0 radical (unpaired) electrons. The summed E-state index contributed by atoms with van der Waals surface area (Å²) < 4.78 is 50.0. The standard InChI is InChI=1S/C21H26FNO5S/c1-4-23(5-2)29(25,26)18-10-6-16(7-11-18)9-13-21(24)28-15-17-8-12-20(27-3)19(22)14-17/h6-8,10-12,14H,4-5,9,13,15H2,1-3H3. The van der Waals surface area contributed by atoms with Crippen LogP contribution in [0.5, 0.6) is 5.75 Å². The number of aryl methyl sites for hydroxylation is 1. The quantitative estimate of drug-likeness (QED) is 0.547. The van der Waals surface area contributed by atoms with Gasteiger partial charge in [-0.25, -0.2) is 12.8 Å². The molecule has 0 N–H and O–H groups in total. The Balaban J connectivity index is 1.88. The second-order valence-electron chi connectivity index (χ2n) is 6.36. The van der Waals surface area contributed by atoms with Gasteiger partial charge < -0.3 is 9.47 Å². The van der Waals surface area contributed by atoms with Gasteiger partial charge in [0.25, 0.3) is 0 Å². The molecule has 0 heterocycles. The molecule has 0 fully saturated rings. The van der Waals surface area contributed by atoms with Crippen LogP contribution in [0.3, 0.4) is 0 Å². The molecule has 0 spiro atoms. The molecule has 29 heavy (non-hydrogen) atoms. The Hall–Kier alpha value is -2.45. The van der Waals surface area contributed by atoms with Crippen molar-refractivity contribution in [3.63, 3.8) is 0 Å². The molecule has 2 aromatic carbocycles. The monoisotopic (exact) mass is 423 g/mol. The minimum Gasteiger partial charge on any atom is -0.494 e. The van der Waals surface area contributed by atoms with Crippen LogP contribution < -0.4 is 4.74 Å². The third-order valence-electron chi connectivity index (χ3n) is 4.50. The zero-order valence-corrected chi connectivity index (χ0v) is 17.7. The Labute approximate surface area is 171 Å². The van der Waals surface area contributed by atoms with Crippen molar-refractivity contribution in [2.24, 2.45) is 0 Å². The summed E-state index contributed by atoms with van der Waals surface area (Å²) in [7, 11) is -2.12. The first-order chi connectivity index (χ1) is 13.8. The topological polar surface area (TPSA) is 72.9 Å². The van der Waals surface area contributed by atoms with E-state index in [1.54, 1.807) is 44.2 Å². The number of sulfonamides is 1. The molecule has 0 aliphatic rings. The van der Waals surface area contributed by atoms with Gasteiger partial charge in [-0.3, -0.25) is 4.79 Å². The molecule has 0 saturated carbocycles. The van der Waals surface area contributed by atoms with Gasteiger partial charge in [-0.1, -0.05) is 32.0 Å². The molecule has 158 valence electrons. The molecule has 0 saturated heterocycles. The van der Waals surface area contributed by atoms with E-state index < -0.39 is 21.8 Å². The second-order valence-corrected chi connectivity index (χ2v) is 8.30. The van der Waals surface area contributed by atoms with Crippen molar-refractivity contribution >= 4 is 16.0 Å². The number of nitrogens with zero attached hydrogens (tertiary/aromatic N) is 1. The average Bonchev–Trinajstić information content (AvgIpc) is 2.71. The summed E-state index contributed by atoms with van der Waals surface area (Å²) in [6.45, 7) is 4.37. The predicted octanol–water partition coefficient (Wildman–Crippen LogP) is 3.54. The van der Waals surface area contributed by atoms with Crippen molar-refractivity contribution in [2.45, 2.75) is 38.2 Å². The fraction of sp³-hybridized carbons (Fsp3) is 0.381. The lowest BCUT2D eigenvalue weighted by atomic mass is 10.1. The molecule has 2 rings (SSSR count).